The van der Waals surface area contributed by atoms with Gasteiger partial charge in [0.25, 0.3) is 15.9 Å². The number of anilines is 1. The van der Waals surface area contributed by atoms with Gasteiger partial charge >= 0.3 is 0 Å². The number of piperidine rings is 1. The predicted molar refractivity (Wildman–Crippen MR) is 143 cm³/mol. The predicted octanol–water partition coefficient (Wildman–Crippen LogP) is 4.17. The van der Waals surface area contributed by atoms with Crippen molar-refractivity contribution in [2.45, 2.75) is 93.7 Å². The first-order chi connectivity index (χ1) is 17.6. The maximum Gasteiger partial charge on any atom is 0.281 e. The number of nitrogens with zero attached hydrogens (tertiary/aromatic N) is 2. The largest absolute Gasteiger partial charge is 0.477 e. The molecule has 3 N–H and O–H groups in total. The van der Waals surface area contributed by atoms with Crippen LogP contribution < -0.4 is 20.1 Å². The molecule has 3 aliphatic rings. The van der Waals surface area contributed by atoms with Crippen LogP contribution in [0, 0.1) is 6.92 Å². The van der Waals surface area contributed by atoms with E-state index in [-0.39, 0.29) is 10.6 Å². The number of ether oxygens (including phenoxy) is 1. The molecule has 0 unspecified atom stereocenters. The molecule has 2 heterocycles. The third-order valence-corrected chi connectivity index (χ3v) is 9.31. The summed E-state index contributed by atoms with van der Waals surface area (Å²) < 4.78 is 35.0. The lowest BCUT2D eigenvalue weighted by Crippen LogP contribution is -2.48. The number of aromatic nitrogens is 1. The second kappa shape index (κ2) is 9.91. The van der Waals surface area contributed by atoms with Gasteiger partial charge < -0.3 is 15.4 Å². The molecule has 5 rings (SSSR count). The summed E-state index contributed by atoms with van der Waals surface area (Å²) in [6, 6.07) is 11.0. The molecule has 0 atom stereocenters. The Bertz CT molecular complexity index is 1260. The molecule has 0 radical (unpaired) electrons. The Morgan fingerprint density at radius 3 is 2.46 bits per heavy atom. The normalized spacial score (nSPS) is 21.3. The first-order valence-electron chi connectivity index (χ1n) is 13.4. The van der Waals surface area contributed by atoms with Crippen LogP contribution in [0.5, 0.6) is 5.75 Å². The summed E-state index contributed by atoms with van der Waals surface area (Å²) in [4.78, 5) is 19.7. The number of nitrogens with one attached hydrogen (secondary N) is 1. The number of aryl methyl sites for hydroxylation is 1. The standard InChI is InChI=1S/C28H38N4O4S/c1-20-11-12-22(21-7-4-3-5-8-21)23(19-20)36-28(13-14-28)26(33)31-37(34,35)25-10-6-9-24(30-25)32-17-15-27(2,29)16-18-32/h6,9-12,19,21H,3-5,7-8,13-18,29H2,1-2H3,(H,31,33). The highest BCUT2D eigenvalue weighted by Crippen LogP contribution is 2.45. The van der Waals surface area contributed by atoms with E-state index in [0.717, 1.165) is 36.8 Å². The Morgan fingerprint density at radius 2 is 1.78 bits per heavy atom. The van der Waals surface area contributed by atoms with Crippen LogP contribution in [-0.4, -0.2) is 43.5 Å². The number of nitrogens with two attached hydrogens (primary N) is 1. The quantitative estimate of drug-likeness (QED) is 0.556. The molecule has 1 aromatic heterocycles. The van der Waals surface area contributed by atoms with Crippen molar-refractivity contribution in [2.24, 2.45) is 5.73 Å². The molecule has 3 fully saturated rings. The van der Waals surface area contributed by atoms with Gasteiger partial charge in [0.15, 0.2) is 10.6 Å². The maximum absolute atomic E-state index is 13.3. The molecule has 37 heavy (non-hydrogen) atoms. The van der Waals surface area contributed by atoms with Crippen molar-refractivity contribution < 1.29 is 17.9 Å². The summed E-state index contributed by atoms with van der Waals surface area (Å²) in [6.07, 6.45) is 8.40. The van der Waals surface area contributed by atoms with Crippen LogP contribution in [0.3, 0.4) is 0 Å². The van der Waals surface area contributed by atoms with Crippen LogP contribution in [0.25, 0.3) is 0 Å². The zero-order valence-electron chi connectivity index (χ0n) is 21.8. The average molecular weight is 527 g/mol. The van der Waals surface area contributed by atoms with Crippen molar-refractivity contribution >= 4 is 21.7 Å². The first kappa shape index (κ1) is 26.0. The van der Waals surface area contributed by atoms with Crippen LogP contribution in [0.1, 0.15) is 81.8 Å². The molecule has 0 spiro atoms. The lowest BCUT2D eigenvalue weighted by Gasteiger charge is -2.37. The number of hydrogen-bond acceptors (Lipinski definition) is 7. The first-order valence-corrected chi connectivity index (χ1v) is 14.9. The van der Waals surface area contributed by atoms with Gasteiger partial charge in [-0.05, 0) is 74.8 Å². The van der Waals surface area contributed by atoms with Gasteiger partial charge in [-0.3, -0.25) is 4.79 Å². The summed E-state index contributed by atoms with van der Waals surface area (Å²) in [6.45, 7) is 5.43. The Labute approximate surface area is 220 Å². The molecule has 9 heteroatoms. The second-order valence-electron chi connectivity index (χ2n) is 11.4. The van der Waals surface area contributed by atoms with Gasteiger partial charge in [0, 0.05) is 31.5 Å². The zero-order chi connectivity index (χ0) is 26.3. The Hall–Kier alpha value is -2.65. The molecule has 0 bridgehead atoms. The molecular weight excluding hydrogens is 488 g/mol. The summed E-state index contributed by atoms with van der Waals surface area (Å²) in [5.74, 6) is 1.05. The molecule has 2 aromatic rings. The van der Waals surface area contributed by atoms with Crippen molar-refractivity contribution in [3.05, 3.63) is 47.5 Å². The van der Waals surface area contributed by atoms with Crippen LogP contribution in [0.2, 0.25) is 0 Å². The van der Waals surface area contributed by atoms with Crippen LogP contribution >= 0.6 is 0 Å². The number of benzene rings is 1. The fraction of sp³-hybridized carbons (Fsp3) is 0.571. The second-order valence-corrected chi connectivity index (χ2v) is 13.0. The molecule has 1 saturated heterocycles. The number of rotatable bonds is 7. The van der Waals surface area contributed by atoms with Gasteiger partial charge in [-0.15, -0.1) is 0 Å². The fourth-order valence-corrected chi connectivity index (χ4v) is 6.43. The van der Waals surface area contributed by atoms with Gasteiger partial charge in [0.05, 0.1) is 0 Å². The van der Waals surface area contributed by atoms with Crippen molar-refractivity contribution in [1.29, 1.82) is 0 Å². The smallest absolute Gasteiger partial charge is 0.281 e. The SMILES string of the molecule is Cc1ccc(C2CCCCC2)c(OC2(C(=O)NS(=O)(=O)c3cccc(N4CCC(C)(N)CC4)n3)CC2)c1. The average Bonchev–Trinajstić information content (AvgIpc) is 3.65. The lowest BCUT2D eigenvalue weighted by molar-refractivity contribution is -0.128. The molecule has 200 valence electrons. The van der Waals surface area contributed by atoms with Crippen molar-refractivity contribution in [2.75, 3.05) is 18.0 Å². The van der Waals surface area contributed by atoms with E-state index in [4.69, 9.17) is 10.5 Å². The maximum atomic E-state index is 13.3. The van der Waals surface area contributed by atoms with Gasteiger partial charge in [-0.2, -0.15) is 8.42 Å². The summed E-state index contributed by atoms with van der Waals surface area (Å²) >= 11 is 0. The Kier molecular flexibility index (Phi) is 6.96. The number of amides is 1. The fourth-order valence-electron chi connectivity index (χ4n) is 5.42. The Morgan fingerprint density at radius 1 is 1.08 bits per heavy atom. The molecule has 1 aromatic carbocycles. The van der Waals surface area contributed by atoms with Crippen LogP contribution in [0.15, 0.2) is 41.4 Å². The van der Waals surface area contributed by atoms with Crippen molar-refractivity contribution in [3.63, 3.8) is 0 Å². The van der Waals surface area contributed by atoms with Gasteiger partial charge in [0.1, 0.15) is 11.6 Å². The number of carbonyl (C=O) groups excluding carboxylic acids is 1. The van der Waals surface area contributed by atoms with E-state index in [2.05, 4.69) is 21.8 Å². The molecule has 1 aliphatic heterocycles. The number of hydrogen-bond donors (Lipinski definition) is 2. The van der Waals surface area contributed by atoms with Crippen LogP contribution in [0.4, 0.5) is 5.82 Å². The van der Waals surface area contributed by atoms with E-state index in [1.165, 1.54) is 25.3 Å². The minimum Gasteiger partial charge on any atom is -0.477 e. The van der Waals surface area contributed by atoms with Gasteiger partial charge in [0.2, 0.25) is 0 Å². The third-order valence-electron chi connectivity index (χ3n) is 8.08. The molecule has 8 nitrogen and oxygen atoms in total. The summed E-state index contributed by atoms with van der Waals surface area (Å²) in [5.41, 5.74) is 7.01. The Balaban J connectivity index is 1.31. The zero-order valence-corrected chi connectivity index (χ0v) is 22.6. The molecular formula is C28H38N4O4S. The highest BCUT2D eigenvalue weighted by molar-refractivity contribution is 7.90. The highest BCUT2D eigenvalue weighted by Gasteiger charge is 2.54. The lowest BCUT2D eigenvalue weighted by atomic mass is 9.83. The van der Waals surface area contributed by atoms with Crippen LogP contribution in [-0.2, 0) is 14.8 Å². The minimum atomic E-state index is -4.16. The number of carbonyl (C=O) groups is 1. The van der Waals surface area contributed by atoms with Gasteiger partial charge in [-0.25, -0.2) is 9.71 Å². The monoisotopic (exact) mass is 526 g/mol. The number of sulfonamides is 1. The minimum absolute atomic E-state index is 0.173. The molecule has 2 saturated carbocycles. The van der Waals surface area contributed by atoms with Crippen molar-refractivity contribution in [1.82, 2.24) is 9.71 Å². The molecule has 1 amide bonds. The summed E-state index contributed by atoms with van der Waals surface area (Å²) in [7, 11) is -4.16. The van der Waals surface area contributed by atoms with Gasteiger partial charge in [-0.1, -0.05) is 37.5 Å². The summed E-state index contributed by atoms with van der Waals surface area (Å²) in [5, 5.41) is -0.173. The highest BCUT2D eigenvalue weighted by atomic mass is 32.2. The van der Waals surface area contributed by atoms with Crippen molar-refractivity contribution in [3.8, 4) is 5.75 Å². The van der Waals surface area contributed by atoms with E-state index >= 15 is 0 Å². The van der Waals surface area contributed by atoms with E-state index in [0.29, 0.717) is 43.4 Å². The topological polar surface area (TPSA) is 115 Å². The van der Waals surface area contributed by atoms with E-state index < -0.39 is 21.5 Å². The third kappa shape index (κ3) is 5.77. The molecule has 2 aliphatic carbocycles. The van der Waals surface area contributed by atoms with E-state index in [1.54, 1.807) is 12.1 Å². The number of pyridine rings is 1. The van der Waals surface area contributed by atoms with E-state index in [9.17, 15) is 13.2 Å². The van der Waals surface area contributed by atoms with E-state index in [1.807, 2.05) is 24.8 Å².